The van der Waals surface area contributed by atoms with Crippen molar-refractivity contribution < 1.29 is 0 Å². The summed E-state index contributed by atoms with van der Waals surface area (Å²) < 4.78 is 0. The Morgan fingerprint density at radius 2 is 1.93 bits per heavy atom. The summed E-state index contributed by atoms with van der Waals surface area (Å²) in [7, 11) is 0. The maximum atomic E-state index is 4.35. The summed E-state index contributed by atoms with van der Waals surface area (Å²) >= 11 is 0. The van der Waals surface area contributed by atoms with E-state index in [1.807, 2.05) is 24.4 Å². The second kappa shape index (κ2) is 6.22. The van der Waals surface area contributed by atoms with Gasteiger partial charge < -0.3 is 4.90 Å². The first-order valence-corrected chi connectivity index (χ1v) is 5.29. The monoisotopic (exact) mass is 190 g/mol. The van der Waals surface area contributed by atoms with E-state index >= 15 is 0 Å². The van der Waals surface area contributed by atoms with E-state index in [1.165, 1.54) is 0 Å². The van der Waals surface area contributed by atoms with Crippen molar-refractivity contribution >= 4 is 6.21 Å². The van der Waals surface area contributed by atoms with Crippen LogP contribution in [0.5, 0.6) is 0 Å². The van der Waals surface area contributed by atoms with Crippen molar-refractivity contribution in [1.29, 1.82) is 0 Å². The molecular formula is C12H18N2. The third kappa shape index (κ3) is 3.23. The first-order valence-electron chi connectivity index (χ1n) is 5.29. The number of nitrogens with zero attached hydrogens (tertiary/aromatic N) is 2. The Hall–Kier alpha value is -1.27. The van der Waals surface area contributed by atoms with Gasteiger partial charge in [0.15, 0.2) is 5.82 Å². The van der Waals surface area contributed by atoms with Gasteiger partial charge in [-0.3, -0.25) is 0 Å². The summed E-state index contributed by atoms with van der Waals surface area (Å²) in [5.74, 6) is 0.957. The first kappa shape index (κ1) is 10.8. The van der Waals surface area contributed by atoms with E-state index in [2.05, 4.69) is 29.5 Å². The molecule has 0 bridgehead atoms. The van der Waals surface area contributed by atoms with Gasteiger partial charge in [0.25, 0.3) is 0 Å². The van der Waals surface area contributed by atoms with Gasteiger partial charge in [-0.15, -0.1) is 0 Å². The minimum atomic E-state index is 0.957. The lowest BCUT2D eigenvalue weighted by Crippen LogP contribution is -2.23. The molecule has 76 valence electrons. The predicted octanol–water partition coefficient (Wildman–Crippen LogP) is 2.75. The van der Waals surface area contributed by atoms with Gasteiger partial charge in [0.05, 0.1) is 0 Å². The van der Waals surface area contributed by atoms with Crippen molar-refractivity contribution in [2.45, 2.75) is 26.7 Å². The summed E-state index contributed by atoms with van der Waals surface area (Å²) in [5.41, 5.74) is 3.18. The summed E-state index contributed by atoms with van der Waals surface area (Å²) in [4.78, 5) is 6.63. The number of allylic oxidation sites excluding steroid dienone is 3. The van der Waals surface area contributed by atoms with E-state index in [9.17, 15) is 0 Å². The van der Waals surface area contributed by atoms with Crippen LogP contribution in [0, 0.1) is 0 Å². The molecule has 0 atom stereocenters. The zero-order valence-electron chi connectivity index (χ0n) is 9.03. The van der Waals surface area contributed by atoms with Crippen molar-refractivity contribution in [3.8, 4) is 0 Å². The third-order valence-electron chi connectivity index (χ3n) is 1.99. The Morgan fingerprint density at radius 3 is 2.57 bits per heavy atom. The molecule has 0 aromatic carbocycles. The molecule has 1 aliphatic heterocycles. The van der Waals surface area contributed by atoms with E-state index in [1.54, 1.807) is 0 Å². The highest BCUT2D eigenvalue weighted by atomic mass is 15.2. The van der Waals surface area contributed by atoms with E-state index < -0.39 is 0 Å². The minimum absolute atomic E-state index is 0.957. The molecule has 1 rings (SSSR count). The van der Waals surface area contributed by atoms with Crippen LogP contribution in [0.15, 0.2) is 34.8 Å². The zero-order valence-corrected chi connectivity index (χ0v) is 9.03. The van der Waals surface area contributed by atoms with Crippen molar-refractivity contribution in [2.75, 3.05) is 13.1 Å². The molecule has 1 heterocycles. The van der Waals surface area contributed by atoms with Gasteiger partial charge in [0.1, 0.15) is 0 Å². The van der Waals surface area contributed by atoms with Crippen LogP contribution in [0.2, 0.25) is 0 Å². The smallest absolute Gasteiger partial charge is 0.173 e. The molecule has 0 aliphatic carbocycles. The Morgan fingerprint density at radius 1 is 1.21 bits per heavy atom. The third-order valence-corrected chi connectivity index (χ3v) is 1.99. The fourth-order valence-corrected chi connectivity index (χ4v) is 1.42. The van der Waals surface area contributed by atoms with Gasteiger partial charge in [0, 0.05) is 19.3 Å². The highest BCUT2D eigenvalue weighted by molar-refractivity contribution is 5.73. The van der Waals surface area contributed by atoms with E-state index in [0.717, 1.165) is 31.8 Å². The summed E-state index contributed by atoms with van der Waals surface area (Å²) in [6.07, 6.45) is 9.91. The molecule has 2 heteroatoms. The minimum Gasteiger partial charge on any atom is -0.350 e. The highest BCUT2D eigenvalue weighted by Crippen LogP contribution is 2.07. The SMILES string of the molecule is CCCN(CCC)C1=C=CC=CC=N1. The molecule has 0 aromatic heterocycles. The molecule has 0 N–H and O–H groups in total. The van der Waals surface area contributed by atoms with E-state index in [0.29, 0.717) is 0 Å². The van der Waals surface area contributed by atoms with Crippen molar-refractivity contribution in [3.63, 3.8) is 0 Å². The summed E-state index contributed by atoms with van der Waals surface area (Å²) in [6, 6.07) is 0. The molecular weight excluding hydrogens is 172 g/mol. The topological polar surface area (TPSA) is 15.6 Å². The molecule has 1 aliphatic rings. The zero-order chi connectivity index (χ0) is 10.2. The fraction of sp³-hybridized carbons (Fsp3) is 0.500. The molecule has 0 spiro atoms. The van der Waals surface area contributed by atoms with Gasteiger partial charge >= 0.3 is 0 Å². The maximum Gasteiger partial charge on any atom is 0.173 e. The van der Waals surface area contributed by atoms with Crippen LogP contribution in [-0.2, 0) is 0 Å². The molecule has 0 amide bonds. The Labute approximate surface area is 86.3 Å². The molecule has 0 radical (unpaired) electrons. The maximum absolute atomic E-state index is 4.35. The lowest BCUT2D eigenvalue weighted by molar-refractivity contribution is 0.343. The van der Waals surface area contributed by atoms with Crippen LogP contribution in [0.25, 0.3) is 0 Å². The molecule has 14 heavy (non-hydrogen) atoms. The number of hydrogen-bond acceptors (Lipinski definition) is 2. The van der Waals surface area contributed by atoms with Gasteiger partial charge in [-0.2, -0.15) is 0 Å². The second-order valence-corrected chi connectivity index (χ2v) is 3.28. The largest absolute Gasteiger partial charge is 0.350 e. The molecule has 0 aromatic rings. The molecule has 0 saturated heterocycles. The Kier molecular flexibility index (Phi) is 4.81. The molecule has 0 unspecified atom stereocenters. The van der Waals surface area contributed by atoms with Crippen LogP contribution in [0.4, 0.5) is 0 Å². The summed E-state index contributed by atoms with van der Waals surface area (Å²) in [6.45, 7) is 6.49. The van der Waals surface area contributed by atoms with E-state index in [4.69, 9.17) is 0 Å². The predicted molar refractivity (Wildman–Crippen MR) is 61.4 cm³/mol. The van der Waals surface area contributed by atoms with Gasteiger partial charge in [-0.1, -0.05) is 25.7 Å². The fourth-order valence-electron chi connectivity index (χ4n) is 1.42. The van der Waals surface area contributed by atoms with Gasteiger partial charge in [-0.25, -0.2) is 4.99 Å². The quantitative estimate of drug-likeness (QED) is 0.609. The van der Waals surface area contributed by atoms with Crippen LogP contribution in [0.1, 0.15) is 26.7 Å². The number of hydrogen-bond donors (Lipinski definition) is 0. The average Bonchev–Trinajstić information content (AvgIpc) is 2.45. The molecule has 0 fully saturated rings. The Balaban J connectivity index is 2.71. The van der Waals surface area contributed by atoms with Crippen LogP contribution < -0.4 is 0 Å². The van der Waals surface area contributed by atoms with Crippen LogP contribution in [-0.4, -0.2) is 24.2 Å². The first-order chi connectivity index (χ1) is 6.88. The van der Waals surface area contributed by atoms with Crippen molar-refractivity contribution in [3.05, 3.63) is 29.8 Å². The van der Waals surface area contributed by atoms with Crippen molar-refractivity contribution in [2.24, 2.45) is 4.99 Å². The highest BCUT2D eigenvalue weighted by Gasteiger charge is 2.05. The standard InChI is InChI=1S/C12H18N2/c1-3-10-14(11-4-2)12-8-6-5-7-9-13-12/h5-7,9H,3-4,10-11H2,1-2H3. The average molecular weight is 190 g/mol. The normalized spacial score (nSPS) is 14.0. The van der Waals surface area contributed by atoms with Gasteiger partial charge in [0.2, 0.25) is 0 Å². The molecule has 0 saturated carbocycles. The second-order valence-electron chi connectivity index (χ2n) is 3.28. The number of rotatable bonds is 5. The lowest BCUT2D eigenvalue weighted by Gasteiger charge is -2.21. The lowest BCUT2D eigenvalue weighted by atomic mass is 10.3. The Bertz CT molecular complexity index is 275. The summed E-state index contributed by atoms with van der Waals surface area (Å²) in [5, 5.41) is 0. The number of aliphatic imine (C=N–C) groups is 1. The molecule has 2 nitrogen and oxygen atoms in total. The van der Waals surface area contributed by atoms with Gasteiger partial charge in [-0.05, 0) is 25.0 Å². The van der Waals surface area contributed by atoms with Crippen LogP contribution in [0.3, 0.4) is 0 Å². The van der Waals surface area contributed by atoms with Crippen LogP contribution >= 0.6 is 0 Å². The van der Waals surface area contributed by atoms with E-state index in [-0.39, 0.29) is 0 Å². The van der Waals surface area contributed by atoms with Crippen molar-refractivity contribution in [1.82, 2.24) is 4.90 Å².